The van der Waals surface area contributed by atoms with E-state index in [-0.39, 0.29) is 69.7 Å². The second kappa shape index (κ2) is 15.7. The van der Waals surface area contributed by atoms with Crippen molar-refractivity contribution in [2.24, 2.45) is 5.73 Å². The molecule has 5 rings (SSSR count). The van der Waals surface area contributed by atoms with Crippen LogP contribution >= 0.6 is 35.5 Å². The molecule has 2 aromatic rings. The van der Waals surface area contributed by atoms with Gasteiger partial charge in [0.1, 0.15) is 28.9 Å². The van der Waals surface area contributed by atoms with E-state index >= 15 is 0 Å². The molecule has 3 aliphatic rings. The fourth-order valence-electron chi connectivity index (χ4n) is 4.88. The molecule has 47 heavy (non-hydrogen) atoms. The van der Waals surface area contributed by atoms with Gasteiger partial charge in [0.05, 0.1) is 22.1 Å². The van der Waals surface area contributed by atoms with Crippen molar-refractivity contribution in [3.05, 3.63) is 68.1 Å². The molecule has 244 valence electrons. The minimum atomic E-state index is -1.58. The SMILES string of the molecule is CCNc1ncc(N(C(N)=O)C(C(=O)NC2C(=O)N3C(C(=O)[O-])=C(CSC4=CNN(NC)S4)CS[C@@H]23)c2ccc(O)cc2)c(=O)[nH]1.[Na+]. The van der Waals surface area contributed by atoms with E-state index in [2.05, 4.69) is 31.5 Å². The van der Waals surface area contributed by atoms with Crippen molar-refractivity contribution in [1.29, 1.82) is 0 Å². The smallest absolute Gasteiger partial charge is 0.543 e. The topological polar surface area (TPSA) is 241 Å². The number of thioether (sulfide) groups is 2. The number of hydrazine groups is 2. The average molecular weight is 713 g/mol. The number of carbonyl (C=O) groups excluding carboxylic acids is 4. The Kier molecular flexibility index (Phi) is 12.2. The van der Waals surface area contributed by atoms with Crippen LogP contribution in [-0.4, -0.2) is 84.8 Å². The van der Waals surface area contributed by atoms with Crippen LogP contribution in [0.4, 0.5) is 16.4 Å². The summed E-state index contributed by atoms with van der Waals surface area (Å²) in [5, 5.41) is 26.7. The van der Waals surface area contributed by atoms with Crippen molar-refractivity contribution in [2.45, 2.75) is 24.4 Å². The van der Waals surface area contributed by atoms with E-state index in [1.165, 1.54) is 59.7 Å². The molecule has 4 heterocycles. The third-order valence-electron chi connectivity index (χ3n) is 6.95. The van der Waals surface area contributed by atoms with Crippen molar-refractivity contribution >= 4 is 70.9 Å². The molecule has 1 saturated heterocycles. The second-order valence-electron chi connectivity index (χ2n) is 9.80. The van der Waals surface area contributed by atoms with E-state index in [0.29, 0.717) is 12.1 Å². The van der Waals surface area contributed by atoms with Crippen LogP contribution in [0.3, 0.4) is 0 Å². The Hall–Kier alpha value is -3.37. The van der Waals surface area contributed by atoms with Gasteiger partial charge in [-0.05, 0) is 30.2 Å². The fourth-order valence-corrected chi connectivity index (χ4v) is 8.14. The molecule has 4 amide bonds. The Morgan fingerprint density at radius 1 is 1.28 bits per heavy atom. The average Bonchev–Trinajstić information content (AvgIpc) is 3.50. The molecule has 2 unspecified atom stereocenters. The van der Waals surface area contributed by atoms with Gasteiger partial charge in [0, 0.05) is 43.2 Å². The molecule has 8 N–H and O–H groups in total. The number of hydrogen-bond donors (Lipinski definition) is 7. The summed E-state index contributed by atoms with van der Waals surface area (Å²) < 4.78 is 2.53. The number of β-lactam (4-membered cyclic amide) rings is 1. The number of rotatable bonds is 12. The summed E-state index contributed by atoms with van der Waals surface area (Å²) in [6.07, 6.45) is 2.84. The summed E-state index contributed by atoms with van der Waals surface area (Å²) in [6.45, 7) is 2.24. The van der Waals surface area contributed by atoms with E-state index in [1.807, 2.05) is 0 Å². The number of amides is 4. The van der Waals surface area contributed by atoms with E-state index in [9.17, 15) is 34.2 Å². The number of fused-ring (bicyclic) bond motifs is 1. The number of aromatic nitrogens is 2. The molecule has 1 aromatic carbocycles. The first-order valence-corrected chi connectivity index (χ1v) is 16.5. The summed E-state index contributed by atoms with van der Waals surface area (Å²) in [5.41, 5.74) is 10.9. The summed E-state index contributed by atoms with van der Waals surface area (Å²) in [6, 6.07) is 1.37. The number of aliphatic carboxylic acids is 1. The Bertz CT molecular complexity index is 1670. The van der Waals surface area contributed by atoms with Crippen LogP contribution < -0.4 is 72.3 Å². The number of phenols is 1. The number of aromatic amines is 1. The first kappa shape index (κ1) is 36.5. The maximum atomic E-state index is 13.9. The molecule has 3 atom stereocenters. The van der Waals surface area contributed by atoms with Crippen LogP contribution in [0.5, 0.6) is 5.75 Å². The van der Waals surface area contributed by atoms with Crippen LogP contribution in [0.1, 0.15) is 18.5 Å². The van der Waals surface area contributed by atoms with Gasteiger partial charge in [-0.1, -0.05) is 16.7 Å². The molecule has 0 bridgehead atoms. The predicted octanol–water partition coefficient (Wildman–Crippen LogP) is -3.92. The summed E-state index contributed by atoms with van der Waals surface area (Å²) in [4.78, 5) is 73.7. The number of benzene rings is 1. The quantitative estimate of drug-likeness (QED) is 0.0632. The van der Waals surface area contributed by atoms with Gasteiger partial charge in [0.15, 0.2) is 0 Å². The zero-order valence-corrected chi connectivity index (χ0v) is 29.8. The minimum Gasteiger partial charge on any atom is -0.543 e. The van der Waals surface area contributed by atoms with Crippen LogP contribution in [0.15, 0.2) is 57.0 Å². The Morgan fingerprint density at radius 2 is 2.00 bits per heavy atom. The standard InChI is InChI=1S/C26H30N10O7S3.Na/c1-3-29-26-30-8-15(20(38)33-26)34(25(27)43)18(12-4-6-14(37)7-5-12)21(39)32-17-22(40)35-19(24(41)42)13(11-45-23(17)35)10-44-16-9-31-36(28-2)46-16;/h4-9,17-18,23,28,31,37H,3,10-11H2,1-2H3,(H2,27,43)(H,32,39)(H,41,42)(H2,29,30,33,38);/q;+1/p-1/t17?,18?,23-;/m0./s1. The van der Waals surface area contributed by atoms with Gasteiger partial charge >= 0.3 is 35.6 Å². The number of anilines is 2. The first-order chi connectivity index (χ1) is 22.0. The van der Waals surface area contributed by atoms with Gasteiger partial charge in [0.2, 0.25) is 11.9 Å². The number of hydrogen-bond acceptors (Lipinski definition) is 15. The van der Waals surface area contributed by atoms with Crippen molar-refractivity contribution < 1.29 is 58.9 Å². The van der Waals surface area contributed by atoms with Crippen molar-refractivity contribution in [3.63, 3.8) is 0 Å². The number of urea groups is 1. The summed E-state index contributed by atoms with van der Waals surface area (Å²) in [7, 11) is 1.73. The number of primary amides is 1. The number of nitrogens with zero attached hydrogens (tertiary/aromatic N) is 4. The van der Waals surface area contributed by atoms with Gasteiger partial charge in [0.25, 0.3) is 11.5 Å². The fraction of sp³-hybridized carbons (Fsp3) is 0.308. The van der Waals surface area contributed by atoms with Gasteiger partial charge in [-0.15, -0.1) is 23.5 Å². The zero-order valence-electron chi connectivity index (χ0n) is 25.3. The first-order valence-electron chi connectivity index (χ1n) is 13.7. The van der Waals surface area contributed by atoms with Crippen LogP contribution in [0, 0.1) is 0 Å². The molecular formula is C26H29N10NaO7S3. The molecule has 3 aliphatic heterocycles. The van der Waals surface area contributed by atoms with Crippen molar-refractivity contribution in [3.8, 4) is 5.75 Å². The number of nitrogens with one attached hydrogen (secondary N) is 5. The Balaban J connectivity index is 0.00000500. The molecule has 0 aliphatic carbocycles. The number of carboxylic acid groups (broad SMARTS) is 1. The summed E-state index contributed by atoms with van der Waals surface area (Å²) in [5.74, 6) is -2.54. The number of aromatic hydroxyl groups is 1. The summed E-state index contributed by atoms with van der Waals surface area (Å²) >= 11 is 4.03. The Morgan fingerprint density at radius 3 is 2.60 bits per heavy atom. The number of carbonyl (C=O) groups is 4. The van der Waals surface area contributed by atoms with Gasteiger partial charge in [-0.2, -0.15) is 0 Å². The molecular weight excluding hydrogens is 684 g/mol. The molecule has 21 heteroatoms. The largest absolute Gasteiger partial charge is 1.00 e. The maximum absolute atomic E-state index is 13.9. The second-order valence-corrected chi connectivity index (χ2v) is 13.2. The number of carboxylic acids is 1. The van der Waals surface area contributed by atoms with Crippen LogP contribution in [0.25, 0.3) is 0 Å². The van der Waals surface area contributed by atoms with E-state index in [0.717, 1.165) is 20.2 Å². The number of phenolic OH excluding ortho intramolecular Hbond substituents is 1. The normalized spacial score (nSPS) is 19.4. The van der Waals surface area contributed by atoms with Crippen LogP contribution in [-0.2, 0) is 14.4 Å². The van der Waals surface area contributed by atoms with E-state index < -0.39 is 46.8 Å². The zero-order chi connectivity index (χ0) is 33.1. The van der Waals surface area contributed by atoms with Gasteiger partial charge in [-0.3, -0.25) is 29.2 Å². The monoisotopic (exact) mass is 712 g/mol. The molecule has 0 radical (unpaired) electrons. The van der Waals surface area contributed by atoms with E-state index in [1.54, 1.807) is 24.7 Å². The Labute approximate surface area is 302 Å². The van der Waals surface area contributed by atoms with E-state index in [4.69, 9.17) is 5.73 Å². The number of H-pyrrole nitrogens is 1. The van der Waals surface area contributed by atoms with Gasteiger partial charge in [-0.25, -0.2) is 15.2 Å². The van der Waals surface area contributed by atoms with Crippen LogP contribution in [0.2, 0.25) is 0 Å². The number of nitrogens with two attached hydrogens (primary N) is 1. The minimum absolute atomic E-state index is 0. The predicted molar refractivity (Wildman–Crippen MR) is 171 cm³/mol. The molecule has 0 spiro atoms. The van der Waals surface area contributed by atoms with Crippen molar-refractivity contribution in [2.75, 3.05) is 35.3 Å². The molecule has 1 fully saturated rings. The third kappa shape index (κ3) is 7.70. The molecule has 0 saturated carbocycles. The van der Waals surface area contributed by atoms with Crippen molar-refractivity contribution in [1.82, 2.24) is 35.6 Å². The van der Waals surface area contributed by atoms with Gasteiger partial charge < -0.3 is 36.8 Å². The molecule has 17 nitrogen and oxygen atoms in total. The molecule has 1 aromatic heterocycles. The maximum Gasteiger partial charge on any atom is 1.00 e. The third-order valence-corrected chi connectivity index (χ3v) is 10.5.